The first-order chi connectivity index (χ1) is 10.6. The first-order valence-corrected chi connectivity index (χ1v) is 8.76. The van der Waals surface area contributed by atoms with Crippen molar-refractivity contribution in [3.8, 4) is 5.75 Å². The molecular weight excluding hydrogens is 302 g/mol. The highest BCUT2D eigenvalue weighted by Crippen LogP contribution is 2.23. The van der Waals surface area contributed by atoms with Gasteiger partial charge in [-0.05, 0) is 47.9 Å². The molecule has 1 saturated heterocycles. The zero-order chi connectivity index (χ0) is 15.6. The quantitative estimate of drug-likeness (QED) is 0.918. The number of benzene rings is 2. The van der Waals surface area contributed by atoms with Gasteiger partial charge in [0.25, 0.3) is 0 Å². The normalized spacial score (nSPS) is 18.7. The van der Waals surface area contributed by atoms with Gasteiger partial charge in [-0.1, -0.05) is 12.1 Å². The maximum atomic E-state index is 12.4. The number of sulfonamides is 1. The molecule has 6 heteroatoms. The van der Waals surface area contributed by atoms with E-state index in [0.717, 1.165) is 29.4 Å². The highest BCUT2D eigenvalue weighted by atomic mass is 32.2. The molecule has 1 heterocycles. The van der Waals surface area contributed by atoms with Gasteiger partial charge in [0.15, 0.2) is 0 Å². The maximum Gasteiger partial charge on any atom is 0.240 e. The van der Waals surface area contributed by atoms with Gasteiger partial charge < -0.3 is 9.47 Å². The van der Waals surface area contributed by atoms with E-state index < -0.39 is 10.0 Å². The molecule has 118 valence electrons. The number of fused-ring (bicyclic) bond motifs is 1. The molecule has 0 spiro atoms. The summed E-state index contributed by atoms with van der Waals surface area (Å²) in [5, 5.41) is 1.80. The molecule has 0 amide bonds. The van der Waals surface area contributed by atoms with Crippen LogP contribution in [0.3, 0.4) is 0 Å². The van der Waals surface area contributed by atoms with Crippen LogP contribution in [0, 0.1) is 0 Å². The van der Waals surface area contributed by atoms with Crippen molar-refractivity contribution in [2.24, 2.45) is 0 Å². The van der Waals surface area contributed by atoms with E-state index in [1.807, 2.05) is 18.2 Å². The van der Waals surface area contributed by atoms with E-state index in [-0.39, 0.29) is 11.0 Å². The Kier molecular flexibility index (Phi) is 4.33. The molecule has 0 saturated carbocycles. The predicted molar refractivity (Wildman–Crippen MR) is 84.7 cm³/mol. The largest absolute Gasteiger partial charge is 0.497 e. The average molecular weight is 321 g/mol. The van der Waals surface area contributed by atoms with Crippen LogP contribution in [0.15, 0.2) is 41.3 Å². The van der Waals surface area contributed by atoms with E-state index in [2.05, 4.69) is 4.72 Å². The predicted octanol–water partition coefficient (Wildman–Crippen LogP) is 2.31. The Labute approximate surface area is 130 Å². The van der Waals surface area contributed by atoms with Gasteiger partial charge in [-0.2, -0.15) is 0 Å². The third-order valence-electron chi connectivity index (χ3n) is 3.85. The second-order valence-electron chi connectivity index (χ2n) is 5.36. The first-order valence-electron chi connectivity index (χ1n) is 7.27. The Morgan fingerprint density at radius 3 is 2.73 bits per heavy atom. The summed E-state index contributed by atoms with van der Waals surface area (Å²) in [6, 6.07) is 10.6. The van der Waals surface area contributed by atoms with E-state index in [1.54, 1.807) is 25.3 Å². The lowest BCUT2D eigenvalue weighted by Crippen LogP contribution is -2.31. The van der Waals surface area contributed by atoms with Gasteiger partial charge in [0.1, 0.15) is 5.75 Å². The molecule has 0 aliphatic carbocycles. The van der Waals surface area contributed by atoms with E-state index in [1.165, 1.54) is 0 Å². The van der Waals surface area contributed by atoms with Crippen LogP contribution in [0.2, 0.25) is 0 Å². The molecule has 1 aliphatic heterocycles. The number of hydrogen-bond acceptors (Lipinski definition) is 4. The molecule has 0 bridgehead atoms. The van der Waals surface area contributed by atoms with Crippen LogP contribution >= 0.6 is 0 Å². The van der Waals surface area contributed by atoms with Gasteiger partial charge >= 0.3 is 0 Å². The van der Waals surface area contributed by atoms with E-state index in [4.69, 9.17) is 9.47 Å². The Hall–Kier alpha value is -1.63. The van der Waals surface area contributed by atoms with Crippen molar-refractivity contribution >= 4 is 20.8 Å². The average Bonchev–Trinajstić information content (AvgIpc) is 3.05. The lowest BCUT2D eigenvalue weighted by Gasteiger charge is -2.12. The van der Waals surface area contributed by atoms with Crippen molar-refractivity contribution in [3.05, 3.63) is 36.4 Å². The van der Waals surface area contributed by atoms with Crippen molar-refractivity contribution in [2.75, 3.05) is 20.3 Å². The zero-order valence-corrected chi connectivity index (χ0v) is 13.2. The van der Waals surface area contributed by atoms with Crippen molar-refractivity contribution in [3.63, 3.8) is 0 Å². The van der Waals surface area contributed by atoms with Gasteiger partial charge in [0, 0.05) is 13.2 Å². The molecule has 0 radical (unpaired) electrons. The minimum absolute atomic E-state index is 0.0144. The standard InChI is InChI=1S/C16H19NO4S/c1-20-14-6-4-13-10-16(7-5-12(13)9-14)22(18,19)17-11-15-3-2-8-21-15/h4-7,9-10,15,17H,2-3,8,11H2,1H3/t15-/m1/s1. The highest BCUT2D eigenvalue weighted by molar-refractivity contribution is 7.89. The Morgan fingerprint density at radius 2 is 2.00 bits per heavy atom. The molecule has 5 nitrogen and oxygen atoms in total. The summed E-state index contributed by atoms with van der Waals surface area (Å²) in [7, 11) is -1.91. The van der Waals surface area contributed by atoms with Crippen LogP contribution in [0.25, 0.3) is 10.8 Å². The summed E-state index contributed by atoms with van der Waals surface area (Å²) in [5.74, 6) is 0.750. The van der Waals surface area contributed by atoms with E-state index >= 15 is 0 Å². The Bertz CT molecular complexity index is 767. The lowest BCUT2D eigenvalue weighted by atomic mass is 10.1. The number of rotatable bonds is 5. The van der Waals surface area contributed by atoms with Crippen LogP contribution in [0.1, 0.15) is 12.8 Å². The minimum atomic E-state index is -3.52. The molecule has 1 N–H and O–H groups in total. The number of hydrogen-bond donors (Lipinski definition) is 1. The van der Waals surface area contributed by atoms with Gasteiger partial charge in [0.2, 0.25) is 10.0 Å². The molecule has 3 rings (SSSR count). The van der Waals surface area contributed by atoms with Crippen molar-refractivity contribution in [2.45, 2.75) is 23.8 Å². The summed E-state index contributed by atoms with van der Waals surface area (Å²) < 4.78 is 38.0. The van der Waals surface area contributed by atoms with Crippen LogP contribution in [0.5, 0.6) is 5.75 Å². The summed E-state index contributed by atoms with van der Waals surface area (Å²) in [6.45, 7) is 1.03. The second kappa shape index (κ2) is 6.24. The van der Waals surface area contributed by atoms with Gasteiger partial charge in [-0.3, -0.25) is 0 Å². The van der Waals surface area contributed by atoms with Crippen LogP contribution in [0.4, 0.5) is 0 Å². The fraction of sp³-hybridized carbons (Fsp3) is 0.375. The fourth-order valence-corrected chi connectivity index (χ4v) is 3.69. The molecule has 2 aromatic rings. The summed E-state index contributed by atoms with van der Waals surface area (Å²) in [5.41, 5.74) is 0. The molecule has 1 atom stereocenters. The number of ether oxygens (including phenoxy) is 2. The SMILES string of the molecule is COc1ccc2cc(S(=O)(=O)NC[C@H]3CCCO3)ccc2c1. The first kappa shape index (κ1) is 15.3. The van der Waals surface area contributed by atoms with Crippen LogP contribution < -0.4 is 9.46 Å². The fourth-order valence-electron chi connectivity index (χ4n) is 2.59. The van der Waals surface area contributed by atoms with Gasteiger partial charge in [0.05, 0.1) is 18.1 Å². The topological polar surface area (TPSA) is 64.6 Å². The summed E-state index contributed by atoms with van der Waals surface area (Å²) in [6.07, 6.45) is 1.88. The molecule has 1 fully saturated rings. The third-order valence-corrected chi connectivity index (χ3v) is 5.28. The number of methoxy groups -OCH3 is 1. The molecular formula is C16H19NO4S. The summed E-state index contributed by atoms with van der Waals surface area (Å²) in [4.78, 5) is 0.267. The van der Waals surface area contributed by atoms with Crippen LogP contribution in [-0.4, -0.2) is 34.8 Å². The Morgan fingerprint density at radius 1 is 1.23 bits per heavy atom. The summed E-state index contributed by atoms with van der Waals surface area (Å²) >= 11 is 0. The smallest absolute Gasteiger partial charge is 0.240 e. The van der Waals surface area contributed by atoms with Crippen molar-refractivity contribution in [1.29, 1.82) is 0 Å². The van der Waals surface area contributed by atoms with Gasteiger partial charge in [-0.25, -0.2) is 13.1 Å². The van der Waals surface area contributed by atoms with E-state index in [9.17, 15) is 8.42 Å². The maximum absolute atomic E-state index is 12.4. The molecule has 1 aliphatic rings. The Balaban J connectivity index is 1.81. The zero-order valence-electron chi connectivity index (χ0n) is 12.4. The molecule has 0 aromatic heterocycles. The van der Waals surface area contributed by atoms with E-state index in [0.29, 0.717) is 13.2 Å². The molecule has 2 aromatic carbocycles. The number of nitrogens with one attached hydrogen (secondary N) is 1. The van der Waals surface area contributed by atoms with Crippen molar-refractivity contribution in [1.82, 2.24) is 4.72 Å². The minimum Gasteiger partial charge on any atom is -0.497 e. The van der Waals surface area contributed by atoms with Gasteiger partial charge in [-0.15, -0.1) is 0 Å². The third kappa shape index (κ3) is 3.24. The molecule has 22 heavy (non-hydrogen) atoms. The van der Waals surface area contributed by atoms with Crippen LogP contribution in [-0.2, 0) is 14.8 Å². The monoisotopic (exact) mass is 321 g/mol. The highest BCUT2D eigenvalue weighted by Gasteiger charge is 2.20. The van der Waals surface area contributed by atoms with Crippen molar-refractivity contribution < 1.29 is 17.9 Å². The second-order valence-corrected chi connectivity index (χ2v) is 7.13. The molecule has 0 unspecified atom stereocenters. The lowest BCUT2D eigenvalue weighted by molar-refractivity contribution is 0.114.